The minimum Gasteiger partial charge on any atom is -0.497 e. The third kappa shape index (κ3) is 5.20. The van der Waals surface area contributed by atoms with Crippen molar-refractivity contribution in [3.05, 3.63) is 83.3 Å². The maximum absolute atomic E-state index is 13.8. The number of hydrogen-bond acceptors (Lipinski definition) is 7. The zero-order valence-corrected chi connectivity index (χ0v) is 20.4. The van der Waals surface area contributed by atoms with Crippen LogP contribution in [0.5, 0.6) is 11.5 Å². The maximum atomic E-state index is 13.8. The maximum Gasteiger partial charge on any atom is 0.260 e. The molecule has 0 aliphatic rings. The molecular formula is C27H27N5O4. The molecule has 4 aromatic rings. The lowest BCUT2D eigenvalue weighted by atomic mass is 10.0. The first-order valence-corrected chi connectivity index (χ1v) is 11.3. The number of ether oxygens (including phenoxy) is 2. The van der Waals surface area contributed by atoms with Crippen LogP contribution >= 0.6 is 0 Å². The molecule has 0 radical (unpaired) electrons. The lowest BCUT2D eigenvalue weighted by molar-refractivity contribution is -0.111. The van der Waals surface area contributed by atoms with Crippen molar-refractivity contribution in [1.82, 2.24) is 14.5 Å². The number of pyridine rings is 1. The Hall–Kier alpha value is -4.66. The standard InChI is InChI=1S/C27H27N5O4/c1-5-24(33)30-20-8-6-7-17(11-20)9-10-32-25-19(16-29-27(28-2)31-25)14-23(26(32)34)18-12-21(35-3)15-22(13-18)36-4/h5-8,11-16H,1,9-10H2,2-4H3,(H,30,33)(H,28,29,31). The molecule has 0 saturated heterocycles. The summed E-state index contributed by atoms with van der Waals surface area (Å²) in [5.74, 6) is 1.29. The van der Waals surface area contributed by atoms with Crippen LogP contribution in [0.4, 0.5) is 11.6 Å². The van der Waals surface area contributed by atoms with Crippen molar-refractivity contribution in [2.45, 2.75) is 13.0 Å². The molecule has 0 bridgehead atoms. The Morgan fingerprint density at radius 2 is 1.86 bits per heavy atom. The van der Waals surface area contributed by atoms with Gasteiger partial charge in [-0.15, -0.1) is 0 Å². The van der Waals surface area contributed by atoms with E-state index in [0.717, 1.165) is 10.9 Å². The molecule has 0 aliphatic heterocycles. The predicted octanol–water partition coefficient (Wildman–Crippen LogP) is 3.88. The molecule has 0 atom stereocenters. The number of anilines is 2. The number of methoxy groups -OCH3 is 2. The van der Waals surface area contributed by atoms with Gasteiger partial charge < -0.3 is 20.1 Å². The quantitative estimate of drug-likeness (QED) is 0.347. The van der Waals surface area contributed by atoms with Crippen LogP contribution in [-0.2, 0) is 17.8 Å². The molecule has 0 fully saturated rings. The van der Waals surface area contributed by atoms with Gasteiger partial charge in [0.25, 0.3) is 5.56 Å². The van der Waals surface area contributed by atoms with E-state index in [4.69, 9.17) is 9.47 Å². The van der Waals surface area contributed by atoms with E-state index in [0.29, 0.717) is 52.9 Å². The summed E-state index contributed by atoms with van der Waals surface area (Å²) < 4.78 is 12.4. The third-order valence-electron chi connectivity index (χ3n) is 5.72. The number of aryl methyl sites for hydroxylation is 2. The fraction of sp³-hybridized carbons (Fsp3) is 0.185. The lowest BCUT2D eigenvalue weighted by Crippen LogP contribution is -2.24. The average Bonchev–Trinajstić information content (AvgIpc) is 2.91. The average molecular weight is 486 g/mol. The zero-order valence-electron chi connectivity index (χ0n) is 20.4. The summed E-state index contributed by atoms with van der Waals surface area (Å²) in [5, 5.41) is 6.41. The van der Waals surface area contributed by atoms with Gasteiger partial charge in [0.05, 0.1) is 14.2 Å². The van der Waals surface area contributed by atoms with Crippen molar-refractivity contribution in [3.63, 3.8) is 0 Å². The smallest absolute Gasteiger partial charge is 0.260 e. The molecule has 9 heteroatoms. The van der Waals surface area contributed by atoms with E-state index >= 15 is 0 Å². The molecule has 2 N–H and O–H groups in total. The molecule has 0 saturated carbocycles. The summed E-state index contributed by atoms with van der Waals surface area (Å²) in [4.78, 5) is 34.4. The Kier molecular flexibility index (Phi) is 7.29. The molecule has 36 heavy (non-hydrogen) atoms. The van der Waals surface area contributed by atoms with Gasteiger partial charge in [0, 0.05) is 42.5 Å². The number of hydrogen-bond donors (Lipinski definition) is 2. The number of nitrogens with one attached hydrogen (secondary N) is 2. The first kappa shape index (κ1) is 24.5. The number of benzene rings is 2. The first-order chi connectivity index (χ1) is 17.4. The van der Waals surface area contributed by atoms with Crippen molar-refractivity contribution >= 4 is 28.6 Å². The number of rotatable bonds is 9. The van der Waals surface area contributed by atoms with Crippen LogP contribution in [0.2, 0.25) is 0 Å². The Morgan fingerprint density at radius 1 is 1.11 bits per heavy atom. The van der Waals surface area contributed by atoms with Gasteiger partial charge >= 0.3 is 0 Å². The topological polar surface area (TPSA) is 107 Å². The van der Waals surface area contributed by atoms with Crippen molar-refractivity contribution in [3.8, 4) is 22.6 Å². The Labute approximate surface area is 208 Å². The van der Waals surface area contributed by atoms with E-state index in [9.17, 15) is 9.59 Å². The fourth-order valence-electron chi connectivity index (χ4n) is 3.90. The van der Waals surface area contributed by atoms with Crippen molar-refractivity contribution in [2.24, 2.45) is 0 Å². The molecule has 2 aromatic carbocycles. The molecule has 9 nitrogen and oxygen atoms in total. The van der Waals surface area contributed by atoms with Crippen LogP contribution in [0.3, 0.4) is 0 Å². The molecule has 2 aromatic heterocycles. The molecular weight excluding hydrogens is 458 g/mol. The molecule has 0 aliphatic carbocycles. The summed E-state index contributed by atoms with van der Waals surface area (Å²) in [6, 6.07) is 14.6. The van der Waals surface area contributed by atoms with Crippen molar-refractivity contribution in [1.29, 1.82) is 0 Å². The molecule has 184 valence electrons. The highest BCUT2D eigenvalue weighted by Crippen LogP contribution is 2.29. The van der Waals surface area contributed by atoms with E-state index < -0.39 is 0 Å². The van der Waals surface area contributed by atoms with Crippen LogP contribution in [0, 0.1) is 0 Å². The molecule has 1 amide bonds. The van der Waals surface area contributed by atoms with Gasteiger partial charge in [0.1, 0.15) is 17.1 Å². The zero-order chi connectivity index (χ0) is 25.7. The second-order valence-electron chi connectivity index (χ2n) is 7.98. The number of nitrogens with zero attached hydrogens (tertiary/aromatic N) is 3. The van der Waals surface area contributed by atoms with Crippen molar-refractivity contribution in [2.75, 3.05) is 31.9 Å². The van der Waals surface area contributed by atoms with E-state index in [1.807, 2.05) is 18.2 Å². The van der Waals surface area contributed by atoms with Crippen LogP contribution < -0.4 is 25.7 Å². The number of carbonyl (C=O) groups excluding carboxylic acids is 1. The SMILES string of the molecule is C=CC(=O)Nc1cccc(CCn2c(=O)c(-c3cc(OC)cc(OC)c3)cc3cnc(NC)nc32)c1. The minimum atomic E-state index is -0.285. The summed E-state index contributed by atoms with van der Waals surface area (Å²) in [6.07, 6.45) is 3.45. The summed E-state index contributed by atoms with van der Waals surface area (Å²) in [6.45, 7) is 3.84. The normalized spacial score (nSPS) is 10.6. The van der Waals surface area contributed by atoms with Gasteiger partial charge in [-0.2, -0.15) is 4.98 Å². The van der Waals surface area contributed by atoms with Gasteiger partial charge in [0.15, 0.2) is 0 Å². The van der Waals surface area contributed by atoms with E-state index in [1.165, 1.54) is 6.08 Å². The molecule has 2 heterocycles. The highest BCUT2D eigenvalue weighted by atomic mass is 16.5. The number of amides is 1. The lowest BCUT2D eigenvalue weighted by Gasteiger charge is -2.14. The second kappa shape index (κ2) is 10.7. The van der Waals surface area contributed by atoms with E-state index in [1.54, 1.807) is 62.4 Å². The first-order valence-electron chi connectivity index (χ1n) is 11.3. The summed E-state index contributed by atoms with van der Waals surface area (Å²) in [5.41, 5.74) is 3.08. The van der Waals surface area contributed by atoms with Crippen LogP contribution in [0.1, 0.15) is 5.56 Å². The molecule has 0 spiro atoms. The fourth-order valence-corrected chi connectivity index (χ4v) is 3.90. The second-order valence-corrected chi connectivity index (χ2v) is 7.98. The van der Waals surface area contributed by atoms with Crippen molar-refractivity contribution < 1.29 is 14.3 Å². The number of carbonyl (C=O) groups is 1. The molecule has 4 rings (SSSR count). The van der Waals surface area contributed by atoms with Gasteiger partial charge in [-0.05, 0) is 54.0 Å². The van der Waals surface area contributed by atoms with Crippen LogP contribution in [0.15, 0.2) is 72.2 Å². The van der Waals surface area contributed by atoms with E-state index in [2.05, 4.69) is 27.2 Å². The van der Waals surface area contributed by atoms with Gasteiger partial charge in [-0.25, -0.2) is 4.98 Å². The summed E-state index contributed by atoms with van der Waals surface area (Å²) in [7, 11) is 4.86. The van der Waals surface area contributed by atoms with Gasteiger partial charge in [0.2, 0.25) is 11.9 Å². The Morgan fingerprint density at radius 3 is 2.53 bits per heavy atom. The Balaban J connectivity index is 1.80. The predicted molar refractivity (Wildman–Crippen MR) is 141 cm³/mol. The van der Waals surface area contributed by atoms with E-state index in [-0.39, 0.29) is 11.5 Å². The van der Waals surface area contributed by atoms with Gasteiger partial charge in [-0.3, -0.25) is 14.2 Å². The number of fused-ring (bicyclic) bond motifs is 1. The summed E-state index contributed by atoms with van der Waals surface area (Å²) >= 11 is 0. The van der Waals surface area contributed by atoms with Gasteiger partial charge in [-0.1, -0.05) is 18.7 Å². The molecule has 0 unspecified atom stereocenters. The highest BCUT2D eigenvalue weighted by molar-refractivity contribution is 5.98. The highest BCUT2D eigenvalue weighted by Gasteiger charge is 2.15. The Bertz CT molecular complexity index is 1470. The third-order valence-corrected chi connectivity index (χ3v) is 5.72. The minimum absolute atomic E-state index is 0.199. The number of aromatic nitrogens is 3. The monoisotopic (exact) mass is 485 g/mol. The van der Waals surface area contributed by atoms with Crippen LogP contribution in [-0.4, -0.2) is 41.7 Å². The van der Waals surface area contributed by atoms with Crippen LogP contribution in [0.25, 0.3) is 22.2 Å². The largest absolute Gasteiger partial charge is 0.497 e.